The number of aromatic nitrogens is 2. The number of methoxy groups -OCH3 is 1. The first-order chi connectivity index (χ1) is 10.4. The van der Waals surface area contributed by atoms with Gasteiger partial charge in [0.15, 0.2) is 5.69 Å². The third-order valence-electron chi connectivity index (χ3n) is 3.21. The van der Waals surface area contributed by atoms with E-state index < -0.39 is 11.9 Å². The number of benzene rings is 1. The van der Waals surface area contributed by atoms with Crippen LogP contribution >= 0.6 is 11.3 Å². The molecule has 0 spiro atoms. The van der Waals surface area contributed by atoms with Gasteiger partial charge in [-0.3, -0.25) is 0 Å². The molecule has 22 heavy (non-hydrogen) atoms. The summed E-state index contributed by atoms with van der Waals surface area (Å²) < 4.78 is 43.1. The molecule has 2 heterocycles. The molecule has 0 amide bonds. The predicted octanol–water partition coefficient (Wildman–Crippen LogP) is 4.69. The lowest BCUT2D eigenvalue weighted by Gasteiger charge is -2.07. The van der Waals surface area contributed by atoms with Crippen LogP contribution < -0.4 is 4.74 Å². The Balaban J connectivity index is 2.09. The van der Waals surface area contributed by atoms with Crippen LogP contribution in [0.1, 0.15) is 11.3 Å². The Bertz CT molecular complexity index is 842. The van der Waals surface area contributed by atoms with Gasteiger partial charge in [-0.05, 0) is 30.7 Å². The number of aryl methyl sites for hydroxylation is 1. The third kappa shape index (κ3) is 2.64. The fraction of sp³-hybridized carbons (Fsp3) is 0.200. The molecule has 0 radical (unpaired) electrons. The smallest absolute Gasteiger partial charge is 0.434 e. The van der Waals surface area contributed by atoms with E-state index in [2.05, 4.69) is 9.97 Å². The number of hydrogen-bond donors (Lipinski definition) is 0. The SMILES string of the molecule is COc1cc(C)c2nc(-c3nc(C(F)(F)F)cs3)ccc2c1. The molecule has 1 aromatic carbocycles. The number of fused-ring (bicyclic) bond motifs is 1. The van der Waals surface area contributed by atoms with Gasteiger partial charge in [0, 0.05) is 10.8 Å². The number of thiazole rings is 1. The Morgan fingerprint density at radius 1 is 1.14 bits per heavy atom. The van der Waals surface area contributed by atoms with Crippen LogP contribution in [0.4, 0.5) is 13.2 Å². The molecule has 0 saturated carbocycles. The van der Waals surface area contributed by atoms with E-state index in [4.69, 9.17) is 4.74 Å². The first-order valence-corrected chi connectivity index (χ1v) is 7.25. The van der Waals surface area contributed by atoms with Crippen molar-refractivity contribution in [1.82, 2.24) is 9.97 Å². The van der Waals surface area contributed by atoms with E-state index in [1.165, 1.54) is 0 Å². The summed E-state index contributed by atoms with van der Waals surface area (Å²) >= 11 is 0.933. The van der Waals surface area contributed by atoms with Crippen LogP contribution in [0.25, 0.3) is 21.6 Å². The molecule has 0 bridgehead atoms. The Labute approximate surface area is 128 Å². The minimum atomic E-state index is -4.44. The minimum absolute atomic E-state index is 0.254. The Hall–Kier alpha value is -2.15. The van der Waals surface area contributed by atoms with Crippen molar-refractivity contribution in [2.24, 2.45) is 0 Å². The summed E-state index contributed by atoms with van der Waals surface area (Å²) in [6.45, 7) is 1.88. The first kappa shape index (κ1) is 14.8. The number of pyridine rings is 1. The van der Waals surface area contributed by atoms with Crippen molar-refractivity contribution in [3.05, 3.63) is 40.9 Å². The standard InChI is InChI=1S/C15H11F3N2OS/c1-8-5-10(21-2)6-9-3-4-11(19-13(8)9)14-20-12(7-22-14)15(16,17)18/h3-7H,1-2H3. The minimum Gasteiger partial charge on any atom is -0.497 e. The van der Waals surface area contributed by atoms with Gasteiger partial charge in [-0.15, -0.1) is 11.3 Å². The zero-order valence-corrected chi connectivity index (χ0v) is 12.5. The number of nitrogens with zero attached hydrogens (tertiary/aromatic N) is 2. The van der Waals surface area contributed by atoms with Crippen LogP contribution in [0.5, 0.6) is 5.75 Å². The lowest BCUT2D eigenvalue weighted by Crippen LogP contribution is -2.04. The van der Waals surface area contributed by atoms with Crippen LogP contribution in [0.3, 0.4) is 0 Å². The van der Waals surface area contributed by atoms with Gasteiger partial charge < -0.3 is 4.74 Å². The van der Waals surface area contributed by atoms with E-state index in [0.717, 1.165) is 33.2 Å². The second-order valence-corrected chi connectivity index (χ2v) is 5.61. The molecule has 0 atom stereocenters. The molecule has 0 aliphatic heterocycles. The summed E-state index contributed by atoms with van der Waals surface area (Å²) in [7, 11) is 1.58. The molecule has 3 rings (SSSR count). The normalized spacial score (nSPS) is 11.9. The average molecular weight is 324 g/mol. The Kier molecular flexibility index (Phi) is 3.52. The number of hydrogen-bond acceptors (Lipinski definition) is 4. The van der Waals surface area contributed by atoms with E-state index in [-0.39, 0.29) is 5.01 Å². The molecule has 0 saturated heterocycles. The van der Waals surface area contributed by atoms with E-state index in [0.29, 0.717) is 11.4 Å². The molecular formula is C15H11F3N2OS. The number of halogens is 3. The molecule has 7 heteroatoms. The summed E-state index contributed by atoms with van der Waals surface area (Å²) in [5, 5.41) is 2.12. The quantitative estimate of drug-likeness (QED) is 0.686. The molecule has 0 N–H and O–H groups in total. The van der Waals surface area contributed by atoms with Gasteiger partial charge in [0.25, 0.3) is 0 Å². The largest absolute Gasteiger partial charge is 0.497 e. The van der Waals surface area contributed by atoms with Crippen molar-refractivity contribution in [2.45, 2.75) is 13.1 Å². The van der Waals surface area contributed by atoms with Crippen LogP contribution in [0.2, 0.25) is 0 Å². The van der Waals surface area contributed by atoms with Gasteiger partial charge in [-0.2, -0.15) is 13.2 Å². The highest BCUT2D eigenvalue weighted by molar-refractivity contribution is 7.13. The summed E-state index contributed by atoms with van der Waals surface area (Å²) in [5.74, 6) is 0.716. The maximum Gasteiger partial charge on any atom is 0.434 e. The number of alkyl halides is 3. The zero-order valence-electron chi connectivity index (χ0n) is 11.7. The third-order valence-corrected chi connectivity index (χ3v) is 4.07. The number of ether oxygens (including phenoxy) is 1. The molecule has 3 aromatic rings. The summed E-state index contributed by atoms with van der Waals surface area (Å²) in [4.78, 5) is 8.07. The van der Waals surface area contributed by atoms with Crippen molar-refractivity contribution in [3.63, 3.8) is 0 Å². The average Bonchev–Trinajstić information content (AvgIpc) is 2.96. The molecule has 2 aromatic heterocycles. The predicted molar refractivity (Wildman–Crippen MR) is 79.1 cm³/mol. The van der Waals surface area contributed by atoms with Crippen LogP contribution in [-0.4, -0.2) is 17.1 Å². The lowest BCUT2D eigenvalue weighted by molar-refractivity contribution is -0.140. The highest BCUT2D eigenvalue weighted by Crippen LogP contribution is 2.34. The Morgan fingerprint density at radius 2 is 1.91 bits per heavy atom. The van der Waals surface area contributed by atoms with Crippen molar-refractivity contribution in [3.8, 4) is 16.5 Å². The maximum absolute atomic E-state index is 12.6. The summed E-state index contributed by atoms with van der Waals surface area (Å²) in [6, 6.07) is 7.15. The lowest BCUT2D eigenvalue weighted by atomic mass is 10.1. The van der Waals surface area contributed by atoms with E-state index in [1.807, 2.05) is 25.1 Å². The van der Waals surface area contributed by atoms with Crippen molar-refractivity contribution in [1.29, 1.82) is 0 Å². The second-order valence-electron chi connectivity index (χ2n) is 4.75. The highest BCUT2D eigenvalue weighted by Gasteiger charge is 2.33. The van der Waals surface area contributed by atoms with Crippen LogP contribution in [-0.2, 0) is 6.18 Å². The highest BCUT2D eigenvalue weighted by atomic mass is 32.1. The van der Waals surface area contributed by atoms with Crippen molar-refractivity contribution < 1.29 is 17.9 Å². The number of rotatable bonds is 2. The molecule has 0 aliphatic rings. The Morgan fingerprint density at radius 3 is 2.55 bits per heavy atom. The van der Waals surface area contributed by atoms with Crippen molar-refractivity contribution in [2.75, 3.05) is 7.11 Å². The van der Waals surface area contributed by atoms with Gasteiger partial charge in [0.05, 0.1) is 18.3 Å². The van der Waals surface area contributed by atoms with Gasteiger partial charge in [0.1, 0.15) is 10.8 Å². The zero-order chi connectivity index (χ0) is 15.9. The first-order valence-electron chi connectivity index (χ1n) is 6.37. The maximum atomic E-state index is 12.6. The fourth-order valence-electron chi connectivity index (χ4n) is 2.14. The van der Waals surface area contributed by atoms with Crippen LogP contribution in [0.15, 0.2) is 29.6 Å². The van der Waals surface area contributed by atoms with E-state index in [9.17, 15) is 13.2 Å². The summed E-state index contributed by atoms with van der Waals surface area (Å²) in [5.41, 5.74) is 1.16. The monoisotopic (exact) mass is 324 g/mol. The fourth-order valence-corrected chi connectivity index (χ4v) is 2.93. The van der Waals surface area contributed by atoms with Crippen molar-refractivity contribution >= 4 is 22.2 Å². The molecule has 0 aliphatic carbocycles. The van der Waals surface area contributed by atoms with E-state index in [1.54, 1.807) is 13.2 Å². The summed E-state index contributed by atoms with van der Waals surface area (Å²) in [6.07, 6.45) is -4.44. The molecule has 0 unspecified atom stereocenters. The molecular weight excluding hydrogens is 313 g/mol. The van der Waals surface area contributed by atoms with E-state index >= 15 is 0 Å². The molecule has 114 valence electrons. The van der Waals surface area contributed by atoms with Crippen LogP contribution in [0, 0.1) is 6.92 Å². The van der Waals surface area contributed by atoms with Gasteiger partial charge in [-0.1, -0.05) is 6.07 Å². The van der Waals surface area contributed by atoms with Gasteiger partial charge in [0.2, 0.25) is 0 Å². The van der Waals surface area contributed by atoms with Gasteiger partial charge >= 0.3 is 6.18 Å². The second kappa shape index (κ2) is 5.24. The van der Waals surface area contributed by atoms with Gasteiger partial charge in [-0.25, -0.2) is 9.97 Å². The molecule has 0 fully saturated rings. The topological polar surface area (TPSA) is 35.0 Å². The molecule has 3 nitrogen and oxygen atoms in total.